The van der Waals surface area contributed by atoms with Crippen molar-refractivity contribution in [1.29, 1.82) is 0 Å². The smallest absolute Gasteiger partial charge is 0.219 e. The first-order valence-electron chi connectivity index (χ1n) is 6.00. The zero-order chi connectivity index (χ0) is 13.4. The van der Waals surface area contributed by atoms with Crippen molar-refractivity contribution in [3.63, 3.8) is 0 Å². The van der Waals surface area contributed by atoms with Crippen molar-refractivity contribution in [3.05, 3.63) is 28.8 Å². The predicted octanol–water partition coefficient (Wildman–Crippen LogP) is 1.75. The third-order valence-electron chi connectivity index (χ3n) is 2.55. The normalized spacial score (nSPS) is 10.2. The second kappa shape index (κ2) is 7.95. The molecule has 0 spiro atoms. The SMILES string of the molecule is CNC(=O)CCCOc1cccc(Cl)c1CCN. The van der Waals surface area contributed by atoms with E-state index in [1.165, 1.54) is 0 Å². The van der Waals surface area contributed by atoms with Crippen LogP contribution in [0.3, 0.4) is 0 Å². The third-order valence-corrected chi connectivity index (χ3v) is 2.91. The average molecular weight is 271 g/mol. The van der Waals surface area contributed by atoms with Crippen LogP contribution in [0.5, 0.6) is 5.75 Å². The molecule has 0 radical (unpaired) electrons. The van der Waals surface area contributed by atoms with Crippen molar-refractivity contribution in [2.45, 2.75) is 19.3 Å². The molecule has 18 heavy (non-hydrogen) atoms. The Kier molecular flexibility index (Phi) is 6.54. The summed E-state index contributed by atoms with van der Waals surface area (Å²) in [6, 6.07) is 5.54. The zero-order valence-electron chi connectivity index (χ0n) is 10.5. The average Bonchev–Trinajstić information content (AvgIpc) is 2.38. The number of ether oxygens (including phenoxy) is 1. The van der Waals surface area contributed by atoms with Crippen LogP contribution in [0.2, 0.25) is 5.02 Å². The van der Waals surface area contributed by atoms with Gasteiger partial charge in [0, 0.05) is 24.1 Å². The Morgan fingerprint density at radius 1 is 1.50 bits per heavy atom. The Morgan fingerprint density at radius 3 is 2.94 bits per heavy atom. The van der Waals surface area contributed by atoms with E-state index in [-0.39, 0.29) is 5.91 Å². The minimum atomic E-state index is 0.0203. The molecule has 0 heterocycles. The molecule has 100 valence electrons. The van der Waals surface area contributed by atoms with E-state index in [4.69, 9.17) is 22.1 Å². The molecule has 0 aliphatic rings. The molecule has 0 aromatic heterocycles. The Labute approximate surface area is 112 Å². The van der Waals surface area contributed by atoms with E-state index in [2.05, 4.69) is 5.32 Å². The molecule has 0 fully saturated rings. The first-order chi connectivity index (χ1) is 8.69. The molecule has 0 saturated carbocycles. The highest BCUT2D eigenvalue weighted by atomic mass is 35.5. The van der Waals surface area contributed by atoms with E-state index in [0.29, 0.717) is 37.4 Å². The highest BCUT2D eigenvalue weighted by Crippen LogP contribution is 2.26. The molecule has 0 saturated heterocycles. The van der Waals surface area contributed by atoms with Crippen LogP contribution in [0.15, 0.2) is 18.2 Å². The van der Waals surface area contributed by atoms with Gasteiger partial charge in [-0.2, -0.15) is 0 Å². The largest absolute Gasteiger partial charge is 0.493 e. The maximum atomic E-state index is 11.0. The van der Waals surface area contributed by atoms with E-state index in [1.54, 1.807) is 7.05 Å². The molecular weight excluding hydrogens is 252 g/mol. The molecule has 0 unspecified atom stereocenters. The molecular formula is C13H19ClN2O2. The van der Waals surface area contributed by atoms with Gasteiger partial charge in [-0.05, 0) is 31.5 Å². The summed E-state index contributed by atoms with van der Waals surface area (Å²) < 4.78 is 5.65. The van der Waals surface area contributed by atoms with E-state index in [1.807, 2.05) is 18.2 Å². The summed E-state index contributed by atoms with van der Waals surface area (Å²) >= 11 is 6.09. The van der Waals surface area contributed by atoms with Gasteiger partial charge in [-0.1, -0.05) is 17.7 Å². The maximum Gasteiger partial charge on any atom is 0.219 e. The molecule has 3 N–H and O–H groups in total. The summed E-state index contributed by atoms with van der Waals surface area (Å²) in [5.41, 5.74) is 6.48. The van der Waals surface area contributed by atoms with Crippen LogP contribution in [0.1, 0.15) is 18.4 Å². The van der Waals surface area contributed by atoms with Gasteiger partial charge in [0.25, 0.3) is 0 Å². The van der Waals surface area contributed by atoms with Gasteiger partial charge in [0.2, 0.25) is 5.91 Å². The number of nitrogens with two attached hydrogens (primary N) is 1. The Hall–Kier alpha value is -1.26. The number of rotatable bonds is 7. The number of amides is 1. The minimum Gasteiger partial charge on any atom is -0.493 e. The molecule has 5 heteroatoms. The topological polar surface area (TPSA) is 64.3 Å². The number of hydrogen-bond donors (Lipinski definition) is 2. The zero-order valence-corrected chi connectivity index (χ0v) is 11.3. The molecule has 0 bridgehead atoms. The monoisotopic (exact) mass is 270 g/mol. The number of halogens is 1. The fourth-order valence-electron chi connectivity index (χ4n) is 1.60. The highest BCUT2D eigenvalue weighted by molar-refractivity contribution is 6.31. The van der Waals surface area contributed by atoms with Crippen molar-refractivity contribution in [2.75, 3.05) is 20.2 Å². The van der Waals surface area contributed by atoms with Crippen LogP contribution in [-0.2, 0) is 11.2 Å². The van der Waals surface area contributed by atoms with Gasteiger partial charge in [-0.3, -0.25) is 4.79 Å². The fourth-order valence-corrected chi connectivity index (χ4v) is 1.86. The van der Waals surface area contributed by atoms with Gasteiger partial charge in [0.15, 0.2) is 0 Å². The van der Waals surface area contributed by atoms with E-state index >= 15 is 0 Å². The summed E-state index contributed by atoms with van der Waals surface area (Å²) in [5, 5.41) is 3.24. The lowest BCUT2D eigenvalue weighted by atomic mass is 10.1. The van der Waals surface area contributed by atoms with Gasteiger partial charge in [-0.15, -0.1) is 0 Å². The Bertz CT molecular complexity index is 397. The first-order valence-corrected chi connectivity index (χ1v) is 6.37. The van der Waals surface area contributed by atoms with Crippen molar-refractivity contribution >= 4 is 17.5 Å². The summed E-state index contributed by atoms with van der Waals surface area (Å²) in [6.45, 7) is 1.02. The van der Waals surface area contributed by atoms with Crippen LogP contribution in [-0.4, -0.2) is 26.1 Å². The van der Waals surface area contributed by atoms with Crippen molar-refractivity contribution in [1.82, 2.24) is 5.32 Å². The summed E-state index contributed by atoms with van der Waals surface area (Å²) in [7, 11) is 1.62. The quantitative estimate of drug-likeness (QED) is 0.742. The molecule has 1 amide bonds. The van der Waals surface area contributed by atoms with Crippen molar-refractivity contribution in [2.24, 2.45) is 5.73 Å². The standard InChI is InChI=1S/C13H19ClN2O2/c1-16-13(17)6-3-9-18-12-5-2-4-11(14)10(12)7-8-15/h2,4-5H,3,6-9,15H2,1H3,(H,16,17). The lowest BCUT2D eigenvalue weighted by molar-refractivity contribution is -0.120. The fraction of sp³-hybridized carbons (Fsp3) is 0.462. The molecule has 1 aromatic rings. The number of hydrogen-bond acceptors (Lipinski definition) is 3. The van der Waals surface area contributed by atoms with Crippen LogP contribution in [0.4, 0.5) is 0 Å². The lowest BCUT2D eigenvalue weighted by Gasteiger charge is -2.12. The lowest BCUT2D eigenvalue weighted by Crippen LogP contribution is -2.18. The highest BCUT2D eigenvalue weighted by Gasteiger charge is 2.07. The van der Waals surface area contributed by atoms with Gasteiger partial charge in [-0.25, -0.2) is 0 Å². The number of benzene rings is 1. The van der Waals surface area contributed by atoms with Crippen LogP contribution < -0.4 is 15.8 Å². The summed E-state index contributed by atoms with van der Waals surface area (Å²) in [4.78, 5) is 11.0. The molecule has 1 rings (SSSR count). The Balaban J connectivity index is 2.51. The Morgan fingerprint density at radius 2 is 2.28 bits per heavy atom. The van der Waals surface area contributed by atoms with Gasteiger partial charge < -0.3 is 15.8 Å². The molecule has 0 aliphatic heterocycles. The van der Waals surface area contributed by atoms with Crippen LogP contribution in [0.25, 0.3) is 0 Å². The van der Waals surface area contributed by atoms with Gasteiger partial charge in [0.1, 0.15) is 5.75 Å². The molecule has 0 atom stereocenters. The van der Waals surface area contributed by atoms with E-state index in [9.17, 15) is 4.79 Å². The van der Waals surface area contributed by atoms with Gasteiger partial charge in [0.05, 0.1) is 6.61 Å². The number of carbonyl (C=O) groups excluding carboxylic acids is 1. The minimum absolute atomic E-state index is 0.0203. The summed E-state index contributed by atoms with van der Waals surface area (Å²) in [5.74, 6) is 0.775. The summed E-state index contributed by atoms with van der Waals surface area (Å²) in [6.07, 6.45) is 1.82. The second-order valence-corrected chi connectivity index (χ2v) is 4.29. The number of nitrogens with one attached hydrogen (secondary N) is 1. The van der Waals surface area contributed by atoms with E-state index < -0.39 is 0 Å². The molecule has 1 aromatic carbocycles. The predicted molar refractivity (Wildman–Crippen MR) is 73.0 cm³/mol. The van der Waals surface area contributed by atoms with Crippen LogP contribution >= 0.6 is 11.6 Å². The first kappa shape index (κ1) is 14.8. The molecule has 0 aliphatic carbocycles. The van der Waals surface area contributed by atoms with Crippen molar-refractivity contribution < 1.29 is 9.53 Å². The van der Waals surface area contributed by atoms with Crippen LogP contribution in [0, 0.1) is 0 Å². The third kappa shape index (κ3) is 4.55. The van der Waals surface area contributed by atoms with Crippen molar-refractivity contribution in [3.8, 4) is 5.75 Å². The van der Waals surface area contributed by atoms with E-state index in [0.717, 1.165) is 11.3 Å². The maximum absolute atomic E-state index is 11.0. The second-order valence-electron chi connectivity index (χ2n) is 3.88. The van der Waals surface area contributed by atoms with Gasteiger partial charge >= 0.3 is 0 Å². The number of carbonyl (C=O) groups is 1. The molecule has 4 nitrogen and oxygen atoms in total.